The molecule has 7 nitrogen and oxygen atoms in total. The Hall–Kier alpha value is -3.09. The maximum Gasteiger partial charge on any atom is 0.265 e. The number of nitrogens with zero attached hydrogens (tertiary/aromatic N) is 3. The molecule has 0 saturated carbocycles. The van der Waals surface area contributed by atoms with E-state index in [1.54, 1.807) is 11.2 Å². The summed E-state index contributed by atoms with van der Waals surface area (Å²) in [6.45, 7) is 0.640. The molecular weight excluding hydrogens is 306 g/mol. The highest BCUT2D eigenvalue weighted by atomic mass is 16.2. The fourth-order valence-corrected chi connectivity index (χ4v) is 3.31. The van der Waals surface area contributed by atoms with Crippen molar-refractivity contribution < 1.29 is 9.59 Å². The highest BCUT2D eigenvalue weighted by Crippen LogP contribution is 2.33. The van der Waals surface area contributed by atoms with Crippen LogP contribution in [0.2, 0.25) is 0 Å². The van der Waals surface area contributed by atoms with Crippen molar-refractivity contribution in [1.29, 1.82) is 0 Å². The lowest BCUT2D eigenvalue weighted by Crippen LogP contribution is -2.35. The highest BCUT2D eigenvalue weighted by molar-refractivity contribution is 6.09. The van der Waals surface area contributed by atoms with E-state index < -0.39 is 5.91 Å². The van der Waals surface area contributed by atoms with Crippen LogP contribution in [0.1, 0.15) is 32.8 Å². The van der Waals surface area contributed by atoms with Gasteiger partial charge in [-0.15, -0.1) is 0 Å². The van der Waals surface area contributed by atoms with Crippen molar-refractivity contribution in [3.8, 4) is 0 Å². The molecule has 7 heteroatoms. The molecule has 3 N–H and O–H groups in total. The molecule has 0 aliphatic carbocycles. The summed E-state index contributed by atoms with van der Waals surface area (Å²) in [5, 5.41) is 0. The maximum atomic E-state index is 12.9. The molecule has 2 aromatic heterocycles. The van der Waals surface area contributed by atoms with E-state index >= 15 is 0 Å². The Morgan fingerprint density at radius 2 is 2.17 bits per heavy atom. The summed E-state index contributed by atoms with van der Waals surface area (Å²) in [6, 6.07) is 5.45. The predicted molar refractivity (Wildman–Crippen MR) is 90.0 cm³/mol. The Labute approximate surface area is 138 Å². The molecule has 1 aromatic carbocycles. The number of imidazole rings is 1. The van der Waals surface area contributed by atoms with Crippen LogP contribution in [-0.2, 0) is 13.5 Å². The molecule has 0 spiro atoms. The van der Waals surface area contributed by atoms with Gasteiger partial charge in [0.25, 0.3) is 11.8 Å². The number of amides is 2. The van der Waals surface area contributed by atoms with Crippen LogP contribution in [0.5, 0.6) is 0 Å². The van der Waals surface area contributed by atoms with Gasteiger partial charge in [-0.25, -0.2) is 4.98 Å². The summed E-state index contributed by atoms with van der Waals surface area (Å²) >= 11 is 0. The number of carbonyl (C=O) groups is 2. The first-order valence-electron chi connectivity index (χ1n) is 7.79. The van der Waals surface area contributed by atoms with Gasteiger partial charge in [-0.3, -0.25) is 9.59 Å². The summed E-state index contributed by atoms with van der Waals surface area (Å²) in [6.07, 6.45) is 5.08. The number of anilines is 1. The minimum Gasteiger partial charge on any atom is -0.364 e. The van der Waals surface area contributed by atoms with Crippen molar-refractivity contribution >= 4 is 28.5 Å². The van der Waals surface area contributed by atoms with E-state index in [1.807, 2.05) is 23.7 Å². The number of primary amides is 1. The molecule has 122 valence electrons. The van der Waals surface area contributed by atoms with Crippen LogP contribution in [0, 0.1) is 0 Å². The molecule has 0 radical (unpaired) electrons. The lowest BCUT2D eigenvalue weighted by molar-refractivity contribution is 0.0984. The molecule has 0 bridgehead atoms. The highest BCUT2D eigenvalue weighted by Gasteiger charge is 2.26. The second kappa shape index (κ2) is 5.23. The van der Waals surface area contributed by atoms with Gasteiger partial charge in [-0.2, -0.15) is 0 Å². The predicted octanol–water partition coefficient (Wildman–Crippen LogP) is 1.59. The number of aryl methyl sites for hydroxylation is 2. The van der Waals surface area contributed by atoms with Crippen LogP contribution in [0.15, 0.2) is 30.7 Å². The Morgan fingerprint density at radius 3 is 2.92 bits per heavy atom. The largest absolute Gasteiger partial charge is 0.364 e. The molecular formula is C17H17N5O2. The van der Waals surface area contributed by atoms with E-state index in [-0.39, 0.29) is 11.6 Å². The molecule has 0 fully saturated rings. The quantitative estimate of drug-likeness (QED) is 0.749. The molecule has 24 heavy (non-hydrogen) atoms. The van der Waals surface area contributed by atoms with Gasteiger partial charge in [0, 0.05) is 31.0 Å². The Kier molecular flexibility index (Phi) is 3.16. The molecule has 3 heterocycles. The van der Waals surface area contributed by atoms with E-state index in [9.17, 15) is 9.59 Å². The molecule has 2 amide bonds. The topological polar surface area (TPSA) is 97.0 Å². The van der Waals surface area contributed by atoms with Crippen molar-refractivity contribution in [2.75, 3.05) is 11.4 Å². The molecule has 0 saturated heterocycles. The normalized spacial score (nSPS) is 14.0. The number of benzene rings is 1. The van der Waals surface area contributed by atoms with Crippen molar-refractivity contribution in [2.45, 2.75) is 12.8 Å². The zero-order valence-electron chi connectivity index (χ0n) is 13.2. The average molecular weight is 323 g/mol. The van der Waals surface area contributed by atoms with Crippen LogP contribution >= 0.6 is 0 Å². The van der Waals surface area contributed by atoms with Gasteiger partial charge in [-0.1, -0.05) is 0 Å². The standard InChI is InChI=1S/C17H17N5O2/c1-21-9-20-15-11-3-2-6-22(13(11)4-5-14(15)21)17(24)10-7-12(16(18)23)19-8-10/h4-5,7-9,19H,2-3,6H2,1H3,(H2,18,23). The third kappa shape index (κ3) is 2.09. The number of fused-ring (bicyclic) bond motifs is 3. The number of rotatable bonds is 2. The van der Waals surface area contributed by atoms with E-state index in [0.717, 1.165) is 35.1 Å². The van der Waals surface area contributed by atoms with E-state index in [4.69, 9.17) is 5.73 Å². The number of carbonyl (C=O) groups excluding carboxylic acids is 2. The van der Waals surface area contributed by atoms with Crippen molar-refractivity contribution in [3.63, 3.8) is 0 Å². The van der Waals surface area contributed by atoms with Crippen LogP contribution < -0.4 is 10.6 Å². The van der Waals surface area contributed by atoms with Crippen LogP contribution in [0.4, 0.5) is 5.69 Å². The molecule has 3 aromatic rings. The second-order valence-corrected chi connectivity index (χ2v) is 6.01. The first kappa shape index (κ1) is 14.5. The van der Waals surface area contributed by atoms with Crippen LogP contribution in [-0.4, -0.2) is 32.9 Å². The summed E-state index contributed by atoms with van der Waals surface area (Å²) in [5.74, 6) is -0.724. The molecule has 0 atom stereocenters. The number of hydrogen-bond acceptors (Lipinski definition) is 3. The smallest absolute Gasteiger partial charge is 0.265 e. The number of aromatic nitrogens is 3. The Morgan fingerprint density at radius 1 is 1.33 bits per heavy atom. The molecule has 0 unspecified atom stereocenters. The Bertz CT molecular complexity index is 969. The summed E-state index contributed by atoms with van der Waals surface area (Å²) in [4.78, 5) is 33.1. The van der Waals surface area contributed by atoms with E-state index in [1.165, 1.54) is 12.3 Å². The molecule has 1 aliphatic rings. The zero-order valence-corrected chi connectivity index (χ0v) is 13.2. The molecule has 4 rings (SSSR count). The van der Waals surface area contributed by atoms with Gasteiger partial charge < -0.3 is 20.2 Å². The van der Waals surface area contributed by atoms with Gasteiger partial charge in [0.1, 0.15) is 5.69 Å². The zero-order chi connectivity index (χ0) is 16.8. The summed E-state index contributed by atoms with van der Waals surface area (Å²) in [7, 11) is 1.96. The monoisotopic (exact) mass is 323 g/mol. The number of nitrogens with two attached hydrogens (primary N) is 1. The van der Waals surface area contributed by atoms with E-state index in [0.29, 0.717) is 12.1 Å². The third-order valence-corrected chi connectivity index (χ3v) is 4.52. The van der Waals surface area contributed by atoms with Gasteiger partial charge in [0.2, 0.25) is 0 Å². The van der Waals surface area contributed by atoms with Crippen LogP contribution in [0.3, 0.4) is 0 Å². The van der Waals surface area contributed by atoms with Gasteiger partial charge in [-0.05, 0) is 31.0 Å². The van der Waals surface area contributed by atoms with Crippen LogP contribution in [0.25, 0.3) is 11.0 Å². The number of aromatic amines is 1. The number of nitrogens with one attached hydrogen (secondary N) is 1. The van der Waals surface area contributed by atoms with Crippen molar-refractivity contribution in [1.82, 2.24) is 14.5 Å². The van der Waals surface area contributed by atoms with Crippen molar-refractivity contribution in [3.05, 3.63) is 47.5 Å². The SMILES string of the molecule is Cn1cnc2c3c(ccc21)N(C(=O)c1c[nH]c(C(N)=O)c1)CCC3. The first-order valence-corrected chi connectivity index (χ1v) is 7.79. The fraction of sp³-hybridized carbons (Fsp3) is 0.235. The third-order valence-electron chi connectivity index (χ3n) is 4.52. The van der Waals surface area contributed by atoms with Crippen molar-refractivity contribution in [2.24, 2.45) is 12.8 Å². The Balaban J connectivity index is 1.77. The summed E-state index contributed by atoms with van der Waals surface area (Å²) < 4.78 is 1.97. The first-order chi connectivity index (χ1) is 11.6. The molecule has 1 aliphatic heterocycles. The lowest BCUT2D eigenvalue weighted by Gasteiger charge is -2.29. The maximum absolute atomic E-state index is 12.9. The van der Waals surface area contributed by atoms with Gasteiger partial charge in [0.05, 0.1) is 22.9 Å². The number of hydrogen-bond donors (Lipinski definition) is 2. The summed E-state index contributed by atoms with van der Waals surface area (Å²) in [5.41, 5.74) is 9.89. The average Bonchev–Trinajstić information content (AvgIpc) is 3.21. The van der Waals surface area contributed by atoms with Gasteiger partial charge >= 0.3 is 0 Å². The second-order valence-electron chi connectivity index (χ2n) is 6.01. The minimum absolute atomic E-state index is 0.144. The fourth-order valence-electron chi connectivity index (χ4n) is 3.31. The minimum atomic E-state index is -0.580. The lowest BCUT2D eigenvalue weighted by atomic mass is 9.99. The number of H-pyrrole nitrogens is 1. The van der Waals surface area contributed by atoms with E-state index in [2.05, 4.69) is 9.97 Å². The van der Waals surface area contributed by atoms with Gasteiger partial charge in [0.15, 0.2) is 0 Å².